The van der Waals surface area contributed by atoms with Gasteiger partial charge in [0.25, 0.3) is 0 Å². The third-order valence-corrected chi connectivity index (χ3v) is 4.88. The van der Waals surface area contributed by atoms with Crippen LogP contribution in [0.4, 0.5) is 0 Å². The zero-order chi connectivity index (χ0) is 15.9. The summed E-state index contributed by atoms with van der Waals surface area (Å²) in [6.45, 7) is 4.36. The molecule has 1 aromatic heterocycles. The Morgan fingerprint density at radius 2 is 1.86 bits per heavy atom. The van der Waals surface area contributed by atoms with Crippen molar-refractivity contribution in [3.05, 3.63) is 23.0 Å². The molecule has 0 unspecified atom stereocenters. The first-order valence-electron chi connectivity index (χ1n) is 7.43. The van der Waals surface area contributed by atoms with Crippen LogP contribution in [-0.4, -0.2) is 18.8 Å². The van der Waals surface area contributed by atoms with Crippen molar-refractivity contribution in [2.24, 2.45) is 7.05 Å². The Morgan fingerprint density at radius 3 is 2.38 bits per heavy atom. The van der Waals surface area contributed by atoms with Gasteiger partial charge in [-0.05, 0) is 36.8 Å². The highest BCUT2D eigenvalue weighted by Gasteiger charge is 2.17. The van der Waals surface area contributed by atoms with Crippen LogP contribution in [0.3, 0.4) is 0 Å². The quantitative estimate of drug-likeness (QED) is 0.562. The van der Waals surface area contributed by atoms with Crippen molar-refractivity contribution < 1.29 is 13.6 Å². The Hall–Kier alpha value is -1.01. The number of unbranched alkanes of at least 4 members (excludes halogenated alkanes) is 1. The summed E-state index contributed by atoms with van der Waals surface area (Å²) in [5, 5.41) is 0. The molecular weight excluding hydrogens is 285 g/mol. The minimum absolute atomic E-state index is 0.860. The van der Waals surface area contributed by atoms with Gasteiger partial charge in [-0.15, -0.1) is 0 Å². The van der Waals surface area contributed by atoms with Crippen molar-refractivity contribution in [3.8, 4) is 11.6 Å². The summed E-state index contributed by atoms with van der Waals surface area (Å²) in [6.07, 6.45) is 5.53. The Labute approximate surface area is 128 Å². The topological polar surface area (TPSA) is 40.5 Å². The fourth-order valence-electron chi connectivity index (χ4n) is 2.28. The second kappa shape index (κ2) is 8.44. The van der Waals surface area contributed by atoms with Gasteiger partial charge in [0.1, 0.15) is 0 Å². The first-order chi connectivity index (χ1) is 10.0. The third kappa shape index (κ3) is 4.74. The van der Waals surface area contributed by atoms with Crippen LogP contribution in [0.25, 0.3) is 0 Å². The molecule has 0 aromatic carbocycles. The number of hydrogen-bond acceptors (Lipinski definition) is 3. The molecule has 0 saturated carbocycles. The molecule has 0 aliphatic rings. The smallest absolute Gasteiger partial charge is 0.341 e. The molecule has 0 saturated heterocycles. The van der Waals surface area contributed by atoms with E-state index in [9.17, 15) is 4.57 Å². The molecule has 0 N–H and O–H groups in total. The summed E-state index contributed by atoms with van der Waals surface area (Å²) in [4.78, 5) is 0. The summed E-state index contributed by atoms with van der Waals surface area (Å²) in [5.74, 6) is 2.95. The van der Waals surface area contributed by atoms with Crippen LogP contribution in [0.1, 0.15) is 50.1 Å². The monoisotopic (exact) mass is 311 g/mol. The van der Waals surface area contributed by atoms with Gasteiger partial charge in [-0.3, -0.25) is 0 Å². The zero-order valence-electron chi connectivity index (χ0n) is 13.7. The first-order valence-corrected chi connectivity index (χ1v) is 8.97. The number of rotatable bonds is 7. The standard InChI is InChI=1S/C16H26NO3P/c1-6-8-10-16-14(9-7-2)13-15(17(16)3)11-12-21(18,19-4)20-5/h13H,6-10H2,1-5H3. The molecule has 0 fully saturated rings. The van der Waals surface area contributed by atoms with Gasteiger partial charge in [0.15, 0.2) is 0 Å². The average molecular weight is 311 g/mol. The van der Waals surface area contributed by atoms with E-state index >= 15 is 0 Å². The van der Waals surface area contributed by atoms with E-state index in [4.69, 9.17) is 9.05 Å². The van der Waals surface area contributed by atoms with E-state index in [1.165, 1.54) is 31.9 Å². The van der Waals surface area contributed by atoms with Crippen LogP contribution >= 0.6 is 7.60 Å². The molecule has 5 heteroatoms. The fraction of sp³-hybridized carbons (Fsp3) is 0.625. The van der Waals surface area contributed by atoms with Crippen molar-refractivity contribution in [1.82, 2.24) is 4.57 Å². The normalized spacial score (nSPS) is 11.3. The van der Waals surface area contributed by atoms with Gasteiger partial charge in [0.05, 0.1) is 5.69 Å². The van der Waals surface area contributed by atoms with Gasteiger partial charge < -0.3 is 13.6 Å². The van der Waals surface area contributed by atoms with Crippen molar-refractivity contribution in [3.63, 3.8) is 0 Å². The molecule has 0 spiro atoms. The summed E-state index contributed by atoms with van der Waals surface area (Å²) in [6, 6.07) is 2.09. The molecule has 4 nitrogen and oxygen atoms in total. The number of nitrogens with zero attached hydrogens (tertiary/aromatic N) is 1. The Balaban J connectivity index is 3.14. The maximum Gasteiger partial charge on any atom is 0.405 e. The van der Waals surface area contributed by atoms with Gasteiger partial charge in [0, 0.05) is 32.6 Å². The van der Waals surface area contributed by atoms with E-state index in [-0.39, 0.29) is 0 Å². The fourth-order valence-corrected chi connectivity index (χ4v) is 2.86. The van der Waals surface area contributed by atoms with E-state index < -0.39 is 7.60 Å². The lowest BCUT2D eigenvalue weighted by Crippen LogP contribution is -2.01. The van der Waals surface area contributed by atoms with E-state index in [1.54, 1.807) is 0 Å². The van der Waals surface area contributed by atoms with Gasteiger partial charge in [-0.1, -0.05) is 26.7 Å². The first kappa shape index (κ1) is 18.0. The van der Waals surface area contributed by atoms with E-state index in [0.29, 0.717) is 0 Å². The van der Waals surface area contributed by atoms with Crippen LogP contribution in [-0.2, 0) is 33.5 Å². The van der Waals surface area contributed by atoms with Crippen molar-refractivity contribution in [2.45, 2.75) is 46.0 Å². The largest absolute Gasteiger partial charge is 0.405 e. The molecule has 118 valence electrons. The molecule has 1 rings (SSSR count). The molecular formula is C16H26NO3P. The summed E-state index contributed by atoms with van der Waals surface area (Å²) < 4.78 is 23.8. The highest BCUT2D eigenvalue weighted by molar-refractivity contribution is 7.59. The molecule has 0 amide bonds. The van der Waals surface area contributed by atoms with Gasteiger partial charge in [-0.25, -0.2) is 4.57 Å². The van der Waals surface area contributed by atoms with Gasteiger partial charge in [0.2, 0.25) is 0 Å². The molecule has 21 heavy (non-hydrogen) atoms. The van der Waals surface area contributed by atoms with E-state index in [2.05, 4.69) is 36.1 Å². The molecule has 1 heterocycles. The molecule has 0 aliphatic heterocycles. The molecule has 1 aromatic rings. The predicted octanol–water partition coefficient (Wildman–Crippen LogP) is 4.12. The van der Waals surface area contributed by atoms with Crippen LogP contribution in [0, 0.1) is 11.6 Å². The van der Waals surface area contributed by atoms with E-state index in [0.717, 1.165) is 31.4 Å². The predicted molar refractivity (Wildman–Crippen MR) is 86.5 cm³/mol. The third-order valence-electron chi connectivity index (χ3n) is 3.54. The van der Waals surface area contributed by atoms with Crippen molar-refractivity contribution in [2.75, 3.05) is 14.2 Å². The SMILES string of the molecule is CCCCc1c(CCC)cc(C#CP(=O)(OC)OC)n1C. The van der Waals surface area contributed by atoms with Gasteiger partial charge >= 0.3 is 7.60 Å². The minimum atomic E-state index is -3.28. The lowest BCUT2D eigenvalue weighted by molar-refractivity contribution is 0.288. The van der Waals surface area contributed by atoms with Crippen LogP contribution in [0.15, 0.2) is 6.07 Å². The Morgan fingerprint density at radius 1 is 1.19 bits per heavy atom. The Bertz CT molecular complexity index is 558. The highest BCUT2D eigenvalue weighted by Crippen LogP contribution is 2.44. The highest BCUT2D eigenvalue weighted by atomic mass is 31.2. The summed E-state index contributed by atoms with van der Waals surface area (Å²) >= 11 is 0. The van der Waals surface area contributed by atoms with Crippen LogP contribution in [0.2, 0.25) is 0 Å². The Kier molecular flexibility index (Phi) is 7.25. The molecule has 0 atom stereocenters. The zero-order valence-corrected chi connectivity index (χ0v) is 14.6. The maximum atomic E-state index is 12.0. The lowest BCUT2D eigenvalue weighted by Gasteiger charge is -2.07. The number of aryl methyl sites for hydroxylation is 1. The molecule has 0 aliphatic carbocycles. The minimum Gasteiger partial charge on any atom is -0.341 e. The van der Waals surface area contributed by atoms with Crippen LogP contribution < -0.4 is 0 Å². The lowest BCUT2D eigenvalue weighted by atomic mass is 10.1. The molecule has 0 bridgehead atoms. The van der Waals surface area contributed by atoms with Crippen molar-refractivity contribution in [1.29, 1.82) is 0 Å². The number of hydrogen-bond donors (Lipinski definition) is 0. The van der Waals surface area contributed by atoms with Crippen LogP contribution in [0.5, 0.6) is 0 Å². The summed E-state index contributed by atoms with van der Waals surface area (Å²) in [7, 11) is 1.42. The van der Waals surface area contributed by atoms with E-state index in [1.807, 2.05) is 7.05 Å². The second-order valence-corrected chi connectivity index (χ2v) is 6.96. The molecule has 0 radical (unpaired) electrons. The summed E-state index contributed by atoms with van der Waals surface area (Å²) in [5.41, 5.74) is 6.15. The van der Waals surface area contributed by atoms with Gasteiger partial charge in [-0.2, -0.15) is 0 Å². The van der Waals surface area contributed by atoms with Crippen molar-refractivity contribution >= 4 is 7.60 Å². The maximum absolute atomic E-state index is 12.0. The number of aromatic nitrogens is 1. The average Bonchev–Trinajstić information content (AvgIpc) is 2.79. The second-order valence-electron chi connectivity index (χ2n) is 5.01.